The number of fused-ring (bicyclic) bond motifs is 3. The number of nitrogens with one attached hydrogen (secondary N) is 1. The Kier molecular flexibility index (Phi) is 11.5. The molecule has 10 nitrogen and oxygen atoms in total. The Morgan fingerprint density at radius 2 is 1.77 bits per heavy atom. The van der Waals surface area contributed by atoms with E-state index >= 15 is 0 Å². The number of hydrogen-bond donors (Lipinski definition) is 1. The molecular weight excluding hydrogens is 751 g/mol. The highest BCUT2D eigenvalue weighted by Crippen LogP contribution is 2.38. The van der Waals surface area contributed by atoms with Gasteiger partial charge in [-0.15, -0.1) is 11.3 Å². The number of halogens is 4. The average molecular weight is 789 g/mol. The number of benzene rings is 2. The van der Waals surface area contributed by atoms with Gasteiger partial charge in [0.2, 0.25) is 0 Å². The standard InChI is InChI=1S/C38H37Cl2F2N3O7S/c39-28-18-45(48)19-29(40)27(28)17-31(24-8-9-30(52-38(41)42)32(16-24)49-21-22-6-7-22)50-36(46)25-3-1-4-26(15-25)43-35(34-5-2-14-53-34)37(47)51-33-20-44-12-10-23(33)11-13-44/h1-5,8-9,14-16,18-19,22-23,31,33,35,38,43H,6-7,10-13,17,20-21H2/t31-,33-,35?/m0/s1. The van der Waals surface area contributed by atoms with Crippen molar-refractivity contribution in [1.29, 1.82) is 0 Å². The quantitative estimate of drug-likeness (QED) is 0.0728. The van der Waals surface area contributed by atoms with Crippen LogP contribution in [0.25, 0.3) is 0 Å². The highest BCUT2D eigenvalue weighted by atomic mass is 35.5. The van der Waals surface area contributed by atoms with Gasteiger partial charge in [-0.3, -0.25) is 4.90 Å². The Morgan fingerprint density at radius 1 is 1.00 bits per heavy atom. The van der Waals surface area contributed by atoms with Crippen molar-refractivity contribution in [3.05, 3.63) is 109 Å². The molecule has 2 aromatic carbocycles. The second-order valence-corrected chi connectivity index (χ2v) is 15.3. The Hall–Kier alpha value is -4.17. The maximum atomic E-state index is 13.9. The molecule has 5 heterocycles. The molecule has 4 aromatic rings. The summed E-state index contributed by atoms with van der Waals surface area (Å²) in [7, 11) is 0. The van der Waals surface area contributed by atoms with Gasteiger partial charge < -0.3 is 29.5 Å². The largest absolute Gasteiger partial charge is 0.619 e. The first-order chi connectivity index (χ1) is 25.6. The number of rotatable bonds is 15. The number of thiophene rings is 1. The highest BCUT2D eigenvalue weighted by Gasteiger charge is 2.38. The number of piperidine rings is 3. The number of esters is 2. The fraction of sp³-hybridized carbons (Fsp3) is 0.395. The Labute approximate surface area is 319 Å². The van der Waals surface area contributed by atoms with E-state index in [1.807, 2.05) is 17.5 Å². The smallest absolute Gasteiger partial charge is 0.387 e. The number of nitrogens with zero attached hydrogens (tertiary/aromatic N) is 2. The van der Waals surface area contributed by atoms with Crippen LogP contribution in [0.4, 0.5) is 14.5 Å². The van der Waals surface area contributed by atoms with Crippen molar-refractivity contribution in [3.63, 3.8) is 0 Å². The molecule has 2 aromatic heterocycles. The van der Waals surface area contributed by atoms with Crippen molar-refractivity contribution in [1.82, 2.24) is 4.90 Å². The van der Waals surface area contributed by atoms with E-state index in [0.717, 1.165) is 62.6 Å². The van der Waals surface area contributed by atoms with Crippen LogP contribution >= 0.6 is 34.5 Å². The summed E-state index contributed by atoms with van der Waals surface area (Å²) in [6.45, 7) is -0.000917. The van der Waals surface area contributed by atoms with Crippen molar-refractivity contribution < 1.29 is 42.0 Å². The Balaban J connectivity index is 1.13. The lowest BCUT2D eigenvalue weighted by molar-refractivity contribution is -0.605. The molecule has 1 unspecified atom stereocenters. The zero-order chi connectivity index (χ0) is 37.1. The zero-order valence-corrected chi connectivity index (χ0v) is 30.8. The van der Waals surface area contributed by atoms with Gasteiger partial charge in [0.1, 0.15) is 22.3 Å². The fourth-order valence-corrected chi connectivity index (χ4v) is 8.09. The van der Waals surface area contributed by atoms with E-state index in [-0.39, 0.29) is 39.6 Å². The number of alkyl halides is 2. The predicted molar refractivity (Wildman–Crippen MR) is 195 cm³/mol. The molecule has 0 amide bonds. The SMILES string of the molecule is O=C(O[C@@H](Cc1c(Cl)c[n+]([O-])cc1Cl)c1ccc(OC(F)F)c(OCC2CC2)c1)c1cccc(NC(C(=O)O[C@H]2CN3CCC2CC3)c2cccs2)c1. The molecule has 1 saturated carbocycles. The first kappa shape index (κ1) is 37.2. The van der Waals surface area contributed by atoms with Gasteiger partial charge in [-0.2, -0.15) is 13.5 Å². The number of anilines is 1. The van der Waals surface area contributed by atoms with Gasteiger partial charge in [0.05, 0.1) is 12.2 Å². The molecule has 1 N–H and O–H groups in total. The Bertz CT molecular complexity index is 1900. The normalized spacial score (nSPS) is 20.4. The van der Waals surface area contributed by atoms with Crippen LogP contribution in [0.2, 0.25) is 10.0 Å². The summed E-state index contributed by atoms with van der Waals surface area (Å²) < 4.78 is 49.8. The first-order valence-electron chi connectivity index (χ1n) is 17.4. The van der Waals surface area contributed by atoms with E-state index in [0.29, 0.717) is 40.0 Å². The Morgan fingerprint density at radius 3 is 2.43 bits per heavy atom. The second kappa shape index (κ2) is 16.5. The van der Waals surface area contributed by atoms with Crippen LogP contribution in [0.3, 0.4) is 0 Å². The lowest BCUT2D eigenvalue weighted by Crippen LogP contribution is -2.52. The molecule has 3 atom stereocenters. The van der Waals surface area contributed by atoms with E-state index in [1.54, 1.807) is 24.3 Å². The topological polar surface area (TPSA) is 113 Å². The molecule has 4 fully saturated rings. The minimum absolute atomic E-state index is 0.0485. The van der Waals surface area contributed by atoms with Gasteiger partial charge in [0, 0.05) is 29.1 Å². The van der Waals surface area contributed by atoms with Crippen LogP contribution in [-0.4, -0.2) is 55.8 Å². The molecule has 3 aliphatic heterocycles. The molecular formula is C38H37Cl2F2N3O7S. The molecule has 0 spiro atoms. The summed E-state index contributed by atoms with van der Waals surface area (Å²) in [6, 6.07) is 13.8. The van der Waals surface area contributed by atoms with Crippen molar-refractivity contribution in [2.75, 3.05) is 31.6 Å². The molecule has 1 aliphatic carbocycles. The van der Waals surface area contributed by atoms with Crippen molar-refractivity contribution in [3.8, 4) is 11.5 Å². The summed E-state index contributed by atoms with van der Waals surface area (Å²) in [5.41, 5.74) is 1.38. The van der Waals surface area contributed by atoms with E-state index in [4.69, 9.17) is 42.1 Å². The third kappa shape index (κ3) is 9.32. The number of aromatic nitrogens is 1. The van der Waals surface area contributed by atoms with Gasteiger partial charge >= 0.3 is 18.6 Å². The lowest BCUT2D eigenvalue weighted by Gasteiger charge is -2.44. The van der Waals surface area contributed by atoms with Crippen LogP contribution < -0.4 is 19.5 Å². The van der Waals surface area contributed by atoms with Gasteiger partial charge in [-0.05, 0) is 98.0 Å². The molecule has 53 heavy (non-hydrogen) atoms. The number of carbonyl (C=O) groups excluding carboxylic acids is 2. The maximum absolute atomic E-state index is 13.9. The van der Waals surface area contributed by atoms with Crippen LogP contribution in [0, 0.1) is 17.0 Å². The molecule has 4 aliphatic rings. The summed E-state index contributed by atoms with van der Waals surface area (Å²) >= 11 is 14.3. The van der Waals surface area contributed by atoms with E-state index < -0.39 is 30.7 Å². The summed E-state index contributed by atoms with van der Waals surface area (Å²) in [6.07, 6.45) is 4.92. The molecule has 15 heteroatoms. The summed E-state index contributed by atoms with van der Waals surface area (Å²) in [5, 5.41) is 17.2. The maximum Gasteiger partial charge on any atom is 0.387 e. The fourth-order valence-electron chi connectivity index (χ4n) is 6.72. The lowest BCUT2D eigenvalue weighted by atomic mass is 9.86. The van der Waals surface area contributed by atoms with Crippen LogP contribution in [0.15, 0.2) is 72.4 Å². The van der Waals surface area contributed by atoms with Gasteiger partial charge in [0.25, 0.3) is 0 Å². The molecule has 280 valence electrons. The van der Waals surface area contributed by atoms with Gasteiger partial charge in [-0.1, -0.05) is 41.4 Å². The van der Waals surface area contributed by atoms with Crippen molar-refractivity contribution in [2.45, 2.75) is 57.0 Å². The minimum Gasteiger partial charge on any atom is -0.619 e. The van der Waals surface area contributed by atoms with Crippen molar-refractivity contribution >= 4 is 52.2 Å². The second-order valence-electron chi connectivity index (χ2n) is 13.5. The third-order valence-corrected chi connectivity index (χ3v) is 11.3. The van der Waals surface area contributed by atoms with E-state index in [2.05, 4.69) is 10.2 Å². The molecule has 0 radical (unpaired) electrons. The minimum atomic E-state index is -3.08. The van der Waals surface area contributed by atoms with Gasteiger partial charge in [-0.25, -0.2) is 9.59 Å². The van der Waals surface area contributed by atoms with Gasteiger partial charge in [0.15, 0.2) is 29.9 Å². The van der Waals surface area contributed by atoms with Crippen LogP contribution in [0.5, 0.6) is 11.5 Å². The third-order valence-electron chi connectivity index (χ3n) is 9.76. The number of ether oxygens (including phenoxy) is 4. The summed E-state index contributed by atoms with van der Waals surface area (Å²) in [5.74, 6) is -0.562. The molecule has 8 rings (SSSR count). The number of carbonyl (C=O) groups is 2. The van der Waals surface area contributed by atoms with Crippen LogP contribution in [0.1, 0.15) is 64.2 Å². The monoisotopic (exact) mass is 787 g/mol. The molecule has 2 bridgehead atoms. The van der Waals surface area contributed by atoms with E-state index in [1.165, 1.54) is 29.5 Å². The number of pyridine rings is 1. The van der Waals surface area contributed by atoms with Crippen molar-refractivity contribution in [2.24, 2.45) is 11.8 Å². The van der Waals surface area contributed by atoms with E-state index in [9.17, 15) is 23.6 Å². The predicted octanol–water partition coefficient (Wildman–Crippen LogP) is 8.01. The van der Waals surface area contributed by atoms with Crippen LogP contribution in [-0.2, 0) is 20.7 Å². The first-order valence-corrected chi connectivity index (χ1v) is 19.0. The average Bonchev–Trinajstić information content (AvgIpc) is 3.81. The zero-order valence-electron chi connectivity index (χ0n) is 28.4. The highest BCUT2D eigenvalue weighted by molar-refractivity contribution is 7.10. The summed E-state index contributed by atoms with van der Waals surface area (Å²) in [4.78, 5) is 30.6. The number of hydrogen-bond acceptors (Lipinski definition) is 10. The molecule has 3 saturated heterocycles.